The van der Waals surface area contributed by atoms with Gasteiger partial charge in [0.25, 0.3) is 0 Å². The van der Waals surface area contributed by atoms with Gasteiger partial charge in [0, 0.05) is 31.2 Å². The van der Waals surface area contributed by atoms with E-state index in [1.807, 2.05) is 6.20 Å². The molecule has 0 saturated carbocycles. The van der Waals surface area contributed by atoms with E-state index in [-0.39, 0.29) is 0 Å². The molecule has 0 spiro atoms. The summed E-state index contributed by atoms with van der Waals surface area (Å²) < 4.78 is 0. The lowest BCUT2D eigenvalue weighted by Gasteiger charge is -2.34. The van der Waals surface area contributed by atoms with Crippen LogP contribution in [0.1, 0.15) is 18.4 Å². The fourth-order valence-electron chi connectivity index (χ4n) is 2.54. The van der Waals surface area contributed by atoms with E-state index in [9.17, 15) is 0 Å². The topological polar surface area (TPSA) is 19.4 Å². The summed E-state index contributed by atoms with van der Waals surface area (Å²) >= 11 is 3.45. The summed E-state index contributed by atoms with van der Waals surface area (Å²) in [6.45, 7) is 3.49. The summed E-state index contributed by atoms with van der Waals surface area (Å²) in [5.41, 5.74) is 1.24. The Labute approximate surface area is 118 Å². The Morgan fingerprint density at radius 1 is 1.33 bits per heavy atom. The van der Waals surface area contributed by atoms with Crippen molar-refractivity contribution >= 4 is 21.7 Å². The first-order chi connectivity index (χ1) is 8.69. The summed E-state index contributed by atoms with van der Waals surface area (Å²) in [5.74, 6) is 1.97. The molecule has 4 heteroatoms. The van der Waals surface area contributed by atoms with Gasteiger partial charge >= 0.3 is 0 Å². The van der Waals surface area contributed by atoms with Crippen molar-refractivity contribution in [3.05, 3.63) is 23.9 Å². The zero-order valence-electron chi connectivity index (χ0n) is 11.3. The van der Waals surface area contributed by atoms with Crippen molar-refractivity contribution in [1.82, 2.24) is 9.88 Å². The SMILES string of the molecule is CN(C)CC1CCN(c2ccc(CBr)cn2)CC1. The van der Waals surface area contributed by atoms with Gasteiger partial charge < -0.3 is 9.80 Å². The number of anilines is 1. The van der Waals surface area contributed by atoms with Crippen molar-refractivity contribution in [2.24, 2.45) is 5.92 Å². The van der Waals surface area contributed by atoms with E-state index in [4.69, 9.17) is 0 Å². The Morgan fingerprint density at radius 2 is 2.06 bits per heavy atom. The first-order valence-electron chi connectivity index (χ1n) is 6.59. The maximum Gasteiger partial charge on any atom is 0.128 e. The Kier molecular flexibility index (Phi) is 5.01. The number of aromatic nitrogens is 1. The molecule has 1 aliphatic rings. The zero-order chi connectivity index (χ0) is 13.0. The average molecular weight is 312 g/mol. The minimum Gasteiger partial charge on any atom is -0.357 e. The summed E-state index contributed by atoms with van der Waals surface area (Å²) in [6, 6.07) is 4.30. The molecule has 18 heavy (non-hydrogen) atoms. The molecule has 2 rings (SSSR count). The smallest absolute Gasteiger partial charge is 0.128 e. The molecule has 0 atom stereocenters. The number of rotatable bonds is 4. The summed E-state index contributed by atoms with van der Waals surface area (Å²) in [5, 5.41) is 0.880. The van der Waals surface area contributed by atoms with Gasteiger partial charge in [0.15, 0.2) is 0 Å². The van der Waals surface area contributed by atoms with E-state index in [1.165, 1.54) is 24.9 Å². The number of hydrogen-bond acceptors (Lipinski definition) is 3. The fourth-order valence-corrected chi connectivity index (χ4v) is 2.88. The molecule has 1 saturated heterocycles. The van der Waals surface area contributed by atoms with Crippen LogP contribution in [0.4, 0.5) is 5.82 Å². The molecule has 0 amide bonds. The second-order valence-corrected chi connectivity index (χ2v) is 5.91. The lowest BCUT2D eigenvalue weighted by Crippen LogP contribution is -2.37. The first-order valence-corrected chi connectivity index (χ1v) is 7.71. The van der Waals surface area contributed by atoms with Gasteiger partial charge in [0.2, 0.25) is 0 Å². The molecule has 0 aromatic carbocycles. The minimum absolute atomic E-state index is 0.845. The van der Waals surface area contributed by atoms with E-state index in [0.717, 1.165) is 30.2 Å². The van der Waals surface area contributed by atoms with Gasteiger partial charge in [0.05, 0.1) is 0 Å². The Bertz CT molecular complexity index is 356. The van der Waals surface area contributed by atoms with Crippen LogP contribution >= 0.6 is 15.9 Å². The van der Waals surface area contributed by atoms with Crippen LogP contribution in [-0.2, 0) is 5.33 Å². The second kappa shape index (κ2) is 6.53. The molecule has 0 unspecified atom stereocenters. The molecule has 100 valence electrons. The van der Waals surface area contributed by atoms with E-state index in [0.29, 0.717) is 0 Å². The molecule has 1 aliphatic heterocycles. The molecule has 2 heterocycles. The van der Waals surface area contributed by atoms with Gasteiger partial charge in [0.1, 0.15) is 5.82 Å². The standard InChI is InChI=1S/C14H22BrN3/c1-17(2)11-12-5-7-18(8-6-12)14-4-3-13(9-15)10-16-14/h3-4,10,12H,5-9,11H2,1-2H3. The van der Waals surface area contributed by atoms with Gasteiger partial charge in [-0.1, -0.05) is 22.0 Å². The van der Waals surface area contributed by atoms with Crippen molar-refractivity contribution in [1.29, 1.82) is 0 Å². The number of alkyl halides is 1. The fraction of sp³-hybridized carbons (Fsp3) is 0.643. The zero-order valence-corrected chi connectivity index (χ0v) is 12.9. The molecule has 1 fully saturated rings. The quantitative estimate of drug-likeness (QED) is 0.797. The number of nitrogens with zero attached hydrogens (tertiary/aromatic N) is 3. The maximum atomic E-state index is 4.54. The minimum atomic E-state index is 0.845. The van der Waals surface area contributed by atoms with Gasteiger partial charge in [-0.05, 0) is 44.5 Å². The molecule has 0 bridgehead atoms. The van der Waals surface area contributed by atoms with Crippen LogP contribution in [0.3, 0.4) is 0 Å². The van der Waals surface area contributed by atoms with Crippen molar-refractivity contribution in [2.75, 3.05) is 38.6 Å². The van der Waals surface area contributed by atoms with Crippen LogP contribution in [0.5, 0.6) is 0 Å². The molecule has 1 aromatic heterocycles. The lowest BCUT2D eigenvalue weighted by atomic mass is 9.96. The third-order valence-corrected chi connectivity index (χ3v) is 4.17. The monoisotopic (exact) mass is 311 g/mol. The van der Waals surface area contributed by atoms with E-state index in [1.54, 1.807) is 0 Å². The molecular formula is C14H22BrN3. The summed E-state index contributed by atoms with van der Waals surface area (Å²) in [7, 11) is 4.32. The molecule has 1 aromatic rings. The number of halogens is 1. The van der Waals surface area contributed by atoms with E-state index in [2.05, 4.69) is 56.9 Å². The molecular weight excluding hydrogens is 290 g/mol. The second-order valence-electron chi connectivity index (χ2n) is 5.35. The predicted molar refractivity (Wildman–Crippen MR) is 80.4 cm³/mol. The third-order valence-electron chi connectivity index (χ3n) is 3.53. The Balaban J connectivity index is 1.88. The molecule has 0 aliphatic carbocycles. The van der Waals surface area contributed by atoms with Crippen molar-refractivity contribution in [2.45, 2.75) is 18.2 Å². The number of piperidine rings is 1. The van der Waals surface area contributed by atoms with E-state index >= 15 is 0 Å². The highest BCUT2D eigenvalue weighted by Crippen LogP contribution is 2.22. The normalized spacial score (nSPS) is 17.4. The van der Waals surface area contributed by atoms with E-state index < -0.39 is 0 Å². The van der Waals surface area contributed by atoms with Crippen LogP contribution in [0.2, 0.25) is 0 Å². The highest BCUT2D eigenvalue weighted by Gasteiger charge is 2.20. The van der Waals surface area contributed by atoms with Crippen LogP contribution in [0.25, 0.3) is 0 Å². The predicted octanol–water partition coefficient (Wildman–Crippen LogP) is 2.75. The highest BCUT2D eigenvalue weighted by molar-refractivity contribution is 9.08. The maximum absolute atomic E-state index is 4.54. The van der Waals surface area contributed by atoms with Gasteiger partial charge in [-0.3, -0.25) is 0 Å². The average Bonchev–Trinajstić information content (AvgIpc) is 2.39. The van der Waals surface area contributed by atoms with Crippen LogP contribution < -0.4 is 4.90 Å². The van der Waals surface area contributed by atoms with Gasteiger partial charge in [-0.2, -0.15) is 0 Å². The van der Waals surface area contributed by atoms with Crippen LogP contribution in [0, 0.1) is 5.92 Å². The van der Waals surface area contributed by atoms with Crippen molar-refractivity contribution in [3.63, 3.8) is 0 Å². The largest absolute Gasteiger partial charge is 0.357 e. The van der Waals surface area contributed by atoms with Crippen LogP contribution in [-0.4, -0.2) is 43.6 Å². The Hall–Kier alpha value is -0.610. The Morgan fingerprint density at radius 3 is 2.56 bits per heavy atom. The number of hydrogen-bond donors (Lipinski definition) is 0. The van der Waals surface area contributed by atoms with Gasteiger partial charge in [-0.15, -0.1) is 0 Å². The lowest BCUT2D eigenvalue weighted by molar-refractivity contribution is 0.284. The number of pyridine rings is 1. The van der Waals surface area contributed by atoms with Gasteiger partial charge in [-0.25, -0.2) is 4.98 Å². The molecule has 0 radical (unpaired) electrons. The first kappa shape index (κ1) is 13.8. The highest BCUT2D eigenvalue weighted by atomic mass is 79.9. The van der Waals surface area contributed by atoms with Crippen molar-refractivity contribution < 1.29 is 0 Å². The van der Waals surface area contributed by atoms with Crippen LogP contribution in [0.15, 0.2) is 18.3 Å². The summed E-state index contributed by atoms with van der Waals surface area (Å²) in [6.07, 6.45) is 4.52. The summed E-state index contributed by atoms with van der Waals surface area (Å²) in [4.78, 5) is 9.25. The molecule has 0 N–H and O–H groups in total. The molecule has 3 nitrogen and oxygen atoms in total. The third kappa shape index (κ3) is 3.69. The van der Waals surface area contributed by atoms with Crippen molar-refractivity contribution in [3.8, 4) is 0 Å².